The fraction of sp³-hybridized carbons (Fsp3) is 0.789. The van der Waals surface area contributed by atoms with E-state index in [1.54, 1.807) is 0 Å². The van der Waals surface area contributed by atoms with Gasteiger partial charge in [-0.05, 0) is 38.0 Å². The van der Waals surface area contributed by atoms with E-state index in [0.717, 1.165) is 43.4 Å². The van der Waals surface area contributed by atoms with Gasteiger partial charge in [-0.25, -0.2) is 9.59 Å². The van der Waals surface area contributed by atoms with E-state index in [1.165, 1.54) is 4.90 Å². The first kappa shape index (κ1) is 18.3. The van der Waals surface area contributed by atoms with Crippen molar-refractivity contribution in [1.82, 2.24) is 15.1 Å². The molecule has 8 nitrogen and oxygen atoms in total. The topological polar surface area (TPSA) is 107 Å². The maximum atomic E-state index is 12.9. The van der Waals surface area contributed by atoms with Crippen LogP contribution in [0.4, 0.5) is 4.79 Å². The summed E-state index contributed by atoms with van der Waals surface area (Å²) in [4.78, 5) is 52.2. The third-order valence-corrected chi connectivity index (χ3v) is 6.91. The standard InChI is InChI=1S/C19H27N3O5/c23-15(22-13-6-2-1-5-12(13)11-14(22)16(24)25)7-10-21-17(26)19(20-18(21)27)8-3-4-9-19/h12-14H,1-11H2,(H,20,27)(H,24,25)/t12-,13+,14-/m0/s1. The van der Waals surface area contributed by atoms with E-state index < -0.39 is 23.6 Å². The van der Waals surface area contributed by atoms with Gasteiger partial charge in [0.2, 0.25) is 5.91 Å². The molecule has 27 heavy (non-hydrogen) atoms. The summed E-state index contributed by atoms with van der Waals surface area (Å²) < 4.78 is 0. The quantitative estimate of drug-likeness (QED) is 0.722. The van der Waals surface area contributed by atoms with Crippen molar-refractivity contribution < 1.29 is 24.3 Å². The molecule has 1 spiro atoms. The van der Waals surface area contributed by atoms with Crippen LogP contribution in [0.2, 0.25) is 0 Å². The molecule has 2 saturated heterocycles. The molecule has 4 fully saturated rings. The Morgan fingerprint density at radius 1 is 1.11 bits per heavy atom. The molecule has 8 heteroatoms. The fourth-order valence-electron chi connectivity index (χ4n) is 5.57. The predicted molar refractivity (Wildman–Crippen MR) is 94.7 cm³/mol. The summed E-state index contributed by atoms with van der Waals surface area (Å²) in [6.45, 7) is 0.0193. The Morgan fingerprint density at radius 2 is 1.81 bits per heavy atom. The van der Waals surface area contributed by atoms with E-state index in [9.17, 15) is 24.3 Å². The molecule has 2 aliphatic heterocycles. The Morgan fingerprint density at radius 3 is 2.52 bits per heavy atom. The number of hydrogen-bond donors (Lipinski definition) is 2. The highest BCUT2D eigenvalue weighted by atomic mass is 16.4. The lowest BCUT2D eigenvalue weighted by Crippen LogP contribution is -2.47. The highest BCUT2D eigenvalue weighted by Crippen LogP contribution is 2.40. The van der Waals surface area contributed by atoms with Crippen LogP contribution in [0.15, 0.2) is 0 Å². The zero-order valence-electron chi connectivity index (χ0n) is 15.5. The molecule has 0 aromatic carbocycles. The van der Waals surface area contributed by atoms with Gasteiger partial charge in [-0.3, -0.25) is 14.5 Å². The molecule has 2 saturated carbocycles. The van der Waals surface area contributed by atoms with E-state index in [-0.39, 0.29) is 36.7 Å². The van der Waals surface area contributed by atoms with Gasteiger partial charge in [-0.1, -0.05) is 25.7 Å². The second-order valence-corrected chi connectivity index (χ2v) is 8.43. The molecule has 0 aromatic heterocycles. The Kier molecular flexibility index (Phi) is 4.60. The molecule has 0 bridgehead atoms. The van der Waals surface area contributed by atoms with Crippen molar-refractivity contribution in [3.63, 3.8) is 0 Å². The Balaban J connectivity index is 1.43. The number of amides is 4. The minimum Gasteiger partial charge on any atom is -0.480 e. The lowest BCUT2D eigenvalue weighted by atomic mass is 9.84. The number of nitrogens with zero attached hydrogens (tertiary/aromatic N) is 2. The average Bonchev–Trinajstić information content (AvgIpc) is 3.31. The number of urea groups is 1. The lowest BCUT2D eigenvalue weighted by molar-refractivity contribution is -0.150. The van der Waals surface area contributed by atoms with E-state index in [1.807, 2.05) is 0 Å². The second kappa shape index (κ2) is 6.80. The predicted octanol–water partition coefficient (Wildman–Crippen LogP) is 1.49. The van der Waals surface area contributed by atoms with Crippen LogP contribution in [0.25, 0.3) is 0 Å². The maximum Gasteiger partial charge on any atom is 0.326 e. The molecule has 2 heterocycles. The van der Waals surface area contributed by atoms with Crippen LogP contribution < -0.4 is 5.32 Å². The van der Waals surface area contributed by atoms with Gasteiger partial charge in [0.05, 0.1) is 0 Å². The van der Waals surface area contributed by atoms with Crippen LogP contribution in [0, 0.1) is 5.92 Å². The van der Waals surface area contributed by atoms with Crippen LogP contribution in [0.1, 0.15) is 64.2 Å². The third-order valence-electron chi connectivity index (χ3n) is 6.91. The summed E-state index contributed by atoms with van der Waals surface area (Å²) in [5, 5.41) is 12.4. The molecule has 0 radical (unpaired) electrons. The van der Waals surface area contributed by atoms with Crippen molar-refractivity contribution in [2.45, 2.75) is 81.8 Å². The van der Waals surface area contributed by atoms with Gasteiger partial charge in [0, 0.05) is 19.0 Å². The second-order valence-electron chi connectivity index (χ2n) is 8.43. The number of fused-ring (bicyclic) bond motifs is 1. The highest BCUT2D eigenvalue weighted by Gasteiger charge is 2.53. The number of nitrogens with one attached hydrogen (secondary N) is 1. The number of carboxylic acids is 1. The van der Waals surface area contributed by atoms with Gasteiger partial charge in [0.15, 0.2) is 0 Å². The minimum atomic E-state index is -0.961. The monoisotopic (exact) mass is 377 g/mol. The number of rotatable bonds is 4. The zero-order chi connectivity index (χ0) is 19.2. The first-order valence-corrected chi connectivity index (χ1v) is 10.1. The van der Waals surface area contributed by atoms with Gasteiger partial charge < -0.3 is 15.3 Å². The maximum absolute atomic E-state index is 12.9. The highest BCUT2D eigenvalue weighted by molar-refractivity contribution is 6.07. The van der Waals surface area contributed by atoms with Gasteiger partial charge in [-0.15, -0.1) is 0 Å². The van der Waals surface area contributed by atoms with Gasteiger partial charge in [0.1, 0.15) is 11.6 Å². The number of carboxylic acid groups (broad SMARTS) is 1. The number of hydrogen-bond acceptors (Lipinski definition) is 4. The summed E-state index contributed by atoms with van der Waals surface area (Å²) in [6.07, 6.45) is 7.52. The molecule has 2 N–H and O–H groups in total. The van der Waals surface area contributed by atoms with Crippen molar-refractivity contribution in [3.8, 4) is 0 Å². The van der Waals surface area contributed by atoms with Crippen molar-refractivity contribution in [2.24, 2.45) is 5.92 Å². The smallest absolute Gasteiger partial charge is 0.326 e. The van der Waals surface area contributed by atoms with Crippen LogP contribution in [-0.2, 0) is 14.4 Å². The molecule has 0 unspecified atom stereocenters. The van der Waals surface area contributed by atoms with E-state index in [4.69, 9.17) is 0 Å². The number of carbonyl (C=O) groups is 4. The molecule has 4 aliphatic rings. The van der Waals surface area contributed by atoms with Crippen molar-refractivity contribution >= 4 is 23.8 Å². The SMILES string of the molecule is O=C(O)[C@@H]1C[C@@H]2CCCC[C@H]2N1C(=O)CCN1C(=O)NC2(CCCC2)C1=O. The van der Waals surface area contributed by atoms with Crippen LogP contribution in [0.5, 0.6) is 0 Å². The molecule has 2 aliphatic carbocycles. The summed E-state index contributed by atoms with van der Waals surface area (Å²) in [6, 6.07) is -1.23. The normalized spacial score (nSPS) is 32.1. The average molecular weight is 377 g/mol. The Labute approximate surface area is 158 Å². The molecule has 4 rings (SSSR count). The van der Waals surface area contributed by atoms with Crippen molar-refractivity contribution in [2.75, 3.05) is 6.54 Å². The first-order valence-electron chi connectivity index (χ1n) is 10.1. The number of aliphatic carboxylic acids is 1. The molecule has 4 amide bonds. The third kappa shape index (κ3) is 2.99. The van der Waals surface area contributed by atoms with Crippen LogP contribution in [-0.4, -0.2) is 62.9 Å². The van der Waals surface area contributed by atoms with Crippen LogP contribution >= 0.6 is 0 Å². The van der Waals surface area contributed by atoms with Crippen molar-refractivity contribution in [3.05, 3.63) is 0 Å². The molecular weight excluding hydrogens is 350 g/mol. The minimum absolute atomic E-state index is 0.0117. The van der Waals surface area contributed by atoms with Crippen LogP contribution in [0.3, 0.4) is 0 Å². The van der Waals surface area contributed by atoms with Gasteiger partial charge >= 0.3 is 12.0 Å². The summed E-state index contributed by atoms with van der Waals surface area (Å²) in [5.74, 6) is -1.20. The lowest BCUT2D eigenvalue weighted by Gasteiger charge is -2.33. The Bertz CT molecular complexity index is 672. The fourth-order valence-corrected chi connectivity index (χ4v) is 5.57. The Hall–Kier alpha value is -2.12. The molecular formula is C19H27N3O5. The number of imide groups is 1. The summed E-state index contributed by atoms with van der Waals surface area (Å²) in [5.41, 5.74) is -0.772. The van der Waals surface area contributed by atoms with Gasteiger partial charge in [-0.2, -0.15) is 0 Å². The molecule has 148 valence electrons. The van der Waals surface area contributed by atoms with E-state index >= 15 is 0 Å². The summed E-state index contributed by atoms with van der Waals surface area (Å²) >= 11 is 0. The first-order chi connectivity index (χ1) is 12.9. The summed E-state index contributed by atoms with van der Waals surface area (Å²) in [7, 11) is 0. The van der Waals surface area contributed by atoms with Gasteiger partial charge in [0.25, 0.3) is 5.91 Å². The van der Waals surface area contributed by atoms with Crippen molar-refractivity contribution in [1.29, 1.82) is 0 Å². The number of likely N-dealkylation sites (tertiary alicyclic amines) is 1. The molecule has 3 atom stereocenters. The van der Waals surface area contributed by atoms with E-state index in [2.05, 4.69) is 5.32 Å². The van der Waals surface area contributed by atoms with E-state index in [0.29, 0.717) is 19.3 Å². The molecule has 0 aromatic rings. The number of carbonyl (C=O) groups excluding carboxylic acids is 3. The zero-order valence-corrected chi connectivity index (χ0v) is 15.5. The largest absolute Gasteiger partial charge is 0.480 e.